The van der Waals surface area contributed by atoms with E-state index < -0.39 is 10.0 Å². The Balaban J connectivity index is 2.26. The molecule has 0 bridgehead atoms. The molecule has 1 aliphatic rings. The fourth-order valence-electron chi connectivity index (χ4n) is 1.71. The van der Waals surface area contributed by atoms with Crippen molar-refractivity contribution in [1.29, 1.82) is 0 Å². The van der Waals surface area contributed by atoms with Crippen LogP contribution in [0, 0.1) is 0 Å². The standard InChI is InChI=1S/C10H15N3O2S2/c11-9-2-1-8(17(12,14)15)5-10(9)13-7-3-4-16-6-7/h1-2,5,7,13H,3-4,6,11H2,(H2,12,14,15). The zero-order valence-electron chi connectivity index (χ0n) is 9.22. The van der Waals surface area contributed by atoms with Crippen molar-refractivity contribution in [2.75, 3.05) is 22.6 Å². The van der Waals surface area contributed by atoms with Crippen LogP contribution in [-0.4, -0.2) is 26.0 Å². The number of hydrogen-bond donors (Lipinski definition) is 3. The summed E-state index contributed by atoms with van der Waals surface area (Å²) < 4.78 is 22.5. The Morgan fingerprint density at radius 1 is 1.41 bits per heavy atom. The highest BCUT2D eigenvalue weighted by Gasteiger charge is 2.17. The molecular formula is C10H15N3O2S2. The summed E-state index contributed by atoms with van der Waals surface area (Å²) >= 11 is 1.87. The highest BCUT2D eigenvalue weighted by molar-refractivity contribution is 7.99. The van der Waals surface area contributed by atoms with Crippen LogP contribution >= 0.6 is 11.8 Å². The van der Waals surface area contributed by atoms with E-state index in [4.69, 9.17) is 10.9 Å². The molecule has 1 unspecified atom stereocenters. The number of nitrogen functional groups attached to an aromatic ring is 1. The SMILES string of the molecule is Nc1ccc(S(N)(=O)=O)cc1NC1CCSC1. The molecule has 5 N–H and O–H groups in total. The van der Waals surface area contributed by atoms with Crippen molar-refractivity contribution in [2.45, 2.75) is 17.4 Å². The first-order chi connectivity index (χ1) is 7.97. The Labute approximate surface area is 105 Å². The van der Waals surface area contributed by atoms with Crippen molar-refractivity contribution >= 4 is 33.2 Å². The van der Waals surface area contributed by atoms with E-state index >= 15 is 0 Å². The third kappa shape index (κ3) is 3.05. The van der Waals surface area contributed by atoms with Gasteiger partial charge in [0.25, 0.3) is 0 Å². The molecule has 1 atom stereocenters. The summed E-state index contributed by atoms with van der Waals surface area (Å²) in [5.74, 6) is 2.13. The van der Waals surface area contributed by atoms with Gasteiger partial charge < -0.3 is 11.1 Å². The lowest BCUT2D eigenvalue weighted by Gasteiger charge is -2.15. The maximum absolute atomic E-state index is 11.2. The normalized spacial score (nSPS) is 20.4. The summed E-state index contributed by atoms with van der Waals surface area (Å²) in [6, 6.07) is 4.81. The molecule has 5 nitrogen and oxygen atoms in total. The van der Waals surface area contributed by atoms with Crippen LogP contribution < -0.4 is 16.2 Å². The Morgan fingerprint density at radius 2 is 2.18 bits per heavy atom. The Bertz CT molecular complexity index is 510. The van der Waals surface area contributed by atoms with E-state index in [2.05, 4.69) is 5.32 Å². The van der Waals surface area contributed by atoms with Crippen LogP contribution in [0.25, 0.3) is 0 Å². The second kappa shape index (κ2) is 4.75. The van der Waals surface area contributed by atoms with Gasteiger partial charge in [-0.1, -0.05) is 0 Å². The number of rotatable bonds is 3. The van der Waals surface area contributed by atoms with Crippen molar-refractivity contribution in [3.05, 3.63) is 18.2 Å². The van der Waals surface area contributed by atoms with E-state index in [9.17, 15) is 8.42 Å². The number of sulfonamides is 1. The minimum absolute atomic E-state index is 0.0832. The van der Waals surface area contributed by atoms with Gasteiger partial charge in [-0.15, -0.1) is 0 Å². The van der Waals surface area contributed by atoms with E-state index in [0.717, 1.165) is 17.9 Å². The van der Waals surface area contributed by atoms with Gasteiger partial charge in [0.2, 0.25) is 10.0 Å². The summed E-state index contributed by atoms with van der Waals surface area (Å²) in [7, 11) is -3.68. The molecule has 0 saturated carbocycles. The maximum Gasteiger partial charge on any atom is 0.238 e. The fourth-order valence-corrected chi connectivity index (χ4v) is 3.40. The molecule has 1 aromatic rings. The van der Waals surface area contributed by atoms with Gasteiger partial charge in [-0.2, -0.15) is 11.8 Å². The largest absolute Gasteiger partial charge is 0.397 e. The lowest BCUT2D eigenvalue weighted by Crippen LogP contribution is -2.20. The van der Waals surface area contributed by atoms with Gasteiger partial charge in [0.05, 0.1) is 16.3 Å². The molecule has 1 aliphatic heterocycles. The molecule has 1 heterocycles. The molecule has 2 rings (SSSR count). The summed E-state index contributed by atoms with van der Waals surface area (Å²) in [4.78, 5) is 0.0832. The second-order valence-corrected chi connectivity index (χ2v) is 6.71. The van der Waals surface area contributed by atoms with Crippen molar-refractivity contribution < 1.29 is 8.42 Å². The summed E-state index contributed by atoms with van der Waals surface area (Å²) in [5.41, 5.74) is 6.98. The lowest BCUT2D eigenvalue weighted by atomic mass is 10.2. The topological polar surface area (TPSA) is 98.2 Å². The highest BCUT2D eigenvalue weighted by atomic mass is 32.2. The zero-order valence-corrected chi connectivity index (χ0v) is 10.9. The number of thioether (sulfide) groups is 1. The number of anilines is 2. The first-order valence-electron chi connectivity index (χ1n) is 5.23. The van der Waals surface area contributed by atoms with E-state index in [1.807, 2.05) is 11.8 Å². The molecular weight excluding hydrogens is 258 g/mol. The van der Waals surface area contributed by atoms with Gasteiger partial charge in [0.1, 0.15) is 0 Å². The maximum atomic E-state index is 11.2. The number of nitrogens with two attached hydrogens (primary N) is 2. The molecule has 1 aromatic carbocycles. The molecule has 7 heteroatoms. The van der Waals surface area contributed by atoms with Crippen molar-refractivity contribution in [2.24, 2.45) is 5.14 Å². The van der Waals surface area contributed by atoms with Gasteiger partial charge >= 0.3 is 0 Å². The molecule has 0 spiro atoms. The van der Waals surface area contributed by atoms with Crippen LogP contribution in [-0.2, 0) is 10.0 Å². The number of nitrogens with one attached hydrogen (secondary N) is 1. The molecule has 94 valence electrons. The molecule has 1 fully saturated rings. The van der Waals surface area contributed by atoms with Crippen molar-refractivity contribution in [3.63, 3.8) is 0 Å². The predicted octanol–water partition coefficient (Wildman–Crippen LogP) is 0.834. The molecule has 0 amide bonds. The van der Waals surface area contributed by atoms with Crippen molar-refractivity contribution in [1.82, 2.24) is 0 Å². The van der Waals surface area contributed by atoms with E-state index in [0.29, 0.717) is 17.4 Å². The van der Waals surface area contributed by atoms with E-state index in [-0.39, 0.29) is 4.90 Å². The molecule has 0 aliphatic carbocycles. The van der Waals surface area contributed by atoms with E-state index in [1.165, 1.54) is 12.1 Å². The monoisotopic (exact) mass is 273 g/mol. The summed E-state index contributed by atoms with van der Waals surface area (Å²) in [5, 5.41) is 8.34. The number of benzene rings is 1. The summed E-state index contributed by atoms with van der Waals surface area (Å²) in [6.45, 7) is 0. The Hall–Kier alpha value is -0.920. The number of hydrogen-bond acceptors (Lipinski definition) is 5. The molecule has 1 saturated heterocycles. The second-order valence-electron chi connectivity index (χ2n) is 4.00. The van der Waals surface area contributed by atoms with Crippen molar-refractivity contribution in [3.8, 4) is 0 Å². The van der Waals surface area contributed by atoms with Crippen LogP contribution in [0.2, 0.25) is 0 Å². The average Bonchev–Trinajstić information content (AvgIpc) is 2.72. The fraction of sp³-hybridized carbons (Fsp3) is 0.400. The minimum atomic E-state index is -3.68. The highest BCUT2D eigenvalue weighted by Crippen LogP contribution is 2.26. The first kappa shape index (κ1) is 12.5. The van der Waals surface area contributed by atoms with Crippen LogP contribution in [0.5, 0.6) is 0 Å². The summed E-state index contributed by atoms with van der Waals surface area (Å²) in [6.07, 6.45) is 1.06. The Kier molecular flexibility index (Phi) is 3.50. The van der Waals surface area contributed by atoms with Crippen LogP contribution in [0.1, 0.15) is 6.42 Å². The third-order valence-electron chi connectivity index (χ3n) is 2.64. The Morgan fingerprint density at radius 3 is 2.76 bits per heavy atom. The van der Waals surface area contributed by atoms with Crippen LogP contribution in [0.3, 0.4) is 0 Å². The molecule has 0 aromatic heterocycles. The van der Waals surface area contributed by atoms with E-state index in [1.54, 1.807) is 6.07 Å². The van der Waals surface area contributed by atoms with Crippen LogP contribution in [0.15, 0.2) is 23.1 Å². The van der Waals surface area contributed by atoms with Gasteiger partial charge in [-0.25, -0.2) is 13.6 Å². The smallest absolute Gasteiger partial charge is 0.238 e. The van der Waals surface area contributed by atoms with Gasteiger partial charge in [-0.05, 0) is 30.4 Å². The number of primary sulfonamides is 1. The zero-order chi connectivity index (χ0) is 12.5. The first-order valence-corrected chi connectivity index (χ1v) is 7.93. The molecule has 0 radical (unpaired) electrons. The third-order valence-corrected chi connectivity index (χ3v) is 4.72. The lowest BCUT2D eigenvalue weighted by molar-refractivity contribution is 0.598. The molecule has 17 heavy (non-hydrogen) atoms. The predicted molar refractivity (Wildman–Crippen MR) is 71.6 cm³/mol. The quantitative estimate of drug-likeness (QED) is 0.709. The minimum Gasteiger partial charge on any atom is -0.397 e. The van der Waals surface area contributed by atoms with Gasteiger partial charge in [-0.3, -0.25) is 0 Å². The van der Waals surface area contributed by atoms with Gasteiger partial charge in [0.15, 0.2) is 0 Å². The average molecular weight is 273 g/mol. The van der Waals surface area contributed by atoms with Gasteiger partial charge in [0, 0.05) is 11.8 Å². The van der Waals surface area contributed by atoms with Crippen LogP contribution in [0.4, 0.5) is 11.4 Å².